The normalized spacial score (nSPS) is 17.1. The number of carbonyl (C=O) groups excluding carboxylic acids is 1. The molecule has 0 radical (unpaired) electrons. The fraction of sp³-hybridized carbons (Fsp3) is 0.389. The Hall–Kier alpha value is -2.67. The van der Waals surface area contributed by atoms with Crippen molar-refractivity contribution in [3.8, 4) is 5.75 Å². The van der Waals surface area contributed by atoms with Crippen molar-refractivity contribution in [2.45, 2.75) is 25.4 Å². The predicted molar refractivity (Wildman–Crippen MR) is 93.0 cm³/mol. The van der Waals surface area contributed by atoms with Gasteiger partial charge in [-0.25, -0.2) is 4.68 Å². The first-order valence-electron chi connectivity index (χ1n) is 8.32. The summed E-state index contributed by atoms with van der Waals surface area (Å²) >= 11 is 0. The van der Waals surface area contributed by atoms with Crippen LogP contribution >= 0.6 is 0 Å². The minimum absolute atomic E-state index is 0.156. The minimum Gasteiger partial charge on any atom is -0.491 e. The first-order valence-corrected chi connectivity index (χ1v) is 8.32. The van der Waals surface area contributed by atoms with E-state index >= 15 is 0 Å². The zero-order valence-corrected chi connectivity index (χ0v) is 14.1. The molecule has 132 valence electrons. The molecule has 3 rings (SSSR count). The summed E-state index contributed by atoms with van der Waals surface area (Å²) in [6.45, 7) is 1.34. The maximum atomic E-state index is 12.2. The van der Waals surface area contributed by atoms with Crippen molar-refractivity contribution in [1.29, 1.82) is 0 Å². The van der Waals surface area contributed by atoms with Gasteiger partial charge in [-0.1, -0.05) is 0 Å². The zero-order valence-electron chi connectivity index (χ0n) is 14.1. The Labute approximate surface area is 145 Å². The maximum absolute atomic E-state index is 12.2. The summed E-state index contributed by atoms with van der Waals surface area (Å²) in [5.41, 5.74) is 0.541. The van der Waals surface area contributed by atoms with E-state index in [4.69, 9.17) is 9.47 Å². The zero-order chi connectivity index (χ0) is 17.6. The third-order valence-corrected chi connectivity index (χ3v) is 4.02. The van der Waals surface area contributed by atoms with Gasteiger partial charge in [-0.15, -0.1) is 0 Å². The van der Waals surface area contributed by atoms with Gasteiger partial charge < -0.3 is 14.8 Å². The number of nitrogens with one attached hydrogen (secondary N) is 1. The van der Waals surface area contributed by atoms with Gasteiger partial charge in [0.25, 0.3) is 11.5 Å². The highest BCUT2D eigenvalue weighted by molar-refractivity contribution is 6.02. The standard InChI is InChI=1S/C18H21N3O4/c1-21-17(22)10-9-16(20-21)18(23)19-13-5-7-14(8-6-13)25-12-15-4-2-3-11-24-15/h5-10,15H,2-4,11-12H2,1H3,(H,19,23). The Morgan fingerprint density at radius 1 is 1.28 bits per heavy atom. The lowest BCUT2D eigenvalue weighted by Crippen LogP contribution is -2.25. The summed E-state index contributed by atoms with van der Waals surface area (Å²) < 4.78 is 12.5. The maximum Gasteiger partial charge on any atom is 0.276 e. The summed E-state index contributed by atoms with van der Waals surface area (Å²) in [5.74, 6) is 0.354. The van der Waals surface area contributed by atoms with Gasteiger partial charge in [-0.2, -0.15) is 5.10 Å². The Morgan fingerprint density at radius 2 is 2.08 bits per heavy atom. The second-order valence-electron chi connectivity index (χ2n) is 5.96. The molecule has 1 saturated heterocycles. The average molecular weight is 343 g/mol. The van der Waals surface area contributed by atoms with E-state index in [2.05, 4.69) is 10.4 Å². The van der Waals surface area contributed by atoms with E-state index in [1.807, 2.05) is 0 Å². The van der Waals surface area contributed by atoms with Gasteiger partial charge in [-0.3, -0.25) is 9.59 Å². The molecule has 0 aliphatic carbocycles. The smallest absolute Gasteiger partial charge is 0.276 e. The molecular formula is C18H21N3O4. The molecule has 7 heteroatoms. The van der Waals surface area contributed by atoms with Crippen LogP contribution < -0.4 is 15.6 Å². The van der Waals surface area contributed by atoms with Gasteiger partial charge in [0.05, 0.1) is 6.10 Å². The van der Waals surface area contributed by atoms with Gasteiger partial charge in [0.15, 0.2) is 0 Å². The number of hydrogen-bond donors (Lipinski definition) is 1. The van der Waals surface area contributed by atoms with Crippen molar-refractivity contribution in [3.63, 3.8) is 0 Å². The first kappa shape index (κ1) is 17.2. The van der Waals surface area contributed by atoms with Crippen LogP contribution in [-0.4, -0.2) is 35.0 Å². The Balaban J connectivity index is 1.55. The highest BCUT2D eigenvalue weighted by atomic mass is 16.5. The van der Waals surface area contributed by atoms with Crippen LogP contribution in [0.4, 0.5) is 5.69 Å². The van der Waals surface area contributed by atoms with Crippen molar-refractivity contribution in [3.05, 3.63) is 52.4 Å². The number of amides is 1. The van der Waals surface area contributed by atoms with Crippen LogP contribution in [0.2, 0.25) is 0 Å². The Bertz CT molecular complexity index is 780. The van der Waals surface area contributed by atoms with Crippen LogP contribution in [0.5, 0.6) is 5.75 Å². The molecule has 0 spiro atoms. The molecule has 2 aromatic rings. The molecule has 1 fully saturated rings. The van der Waals surface area contributed by atoms with Crippen molar-refractivity contribution in [2.24, 2.45) is 7.05 Å². The topological polar surface area (TPSA) is 82.5 Å². The van der Waals surface area contributed by atoms with Gasteiger partial charge in [0.1, 0.15) is 18.1 Å². The minimum atomic E-state index is -0.375. The van der Waals surface area contributed by atoms with Gasteiger partial charge in [0, 0.05) is 25.4 Å². The van der Waals surface area contributed by atoms with Crippen LogP contribution in [0.3, 0.4) is 0 Å². The summed E-state index contributed by atoms with van der Waals surface area (Å²) in [5, 5.41) is 6.66. The highest BCUT2D eigenvalue weighted by Gasteiger charge is 2.14. The van der Waals surface area contributed by atoms with Crippen molar-refractivity contribution in [1.82, 2.24) is 9.78 Å². The van der Waals surface area contributed by atoms with Crippen LogP contribution in [0.15, 0.2) is 41.2 Å². The molecule has 1 N–H and O–H groups in total. The molecule has 1 unspecified atom stereocenters. The molecule has 1 aromatic heterocycles. The van der Waals surface area contributed by atoms with Gasteiger partial charge in [0.2, 0.25) is 0 Å². The quantitative estimate of drug-likeness (QED) is 0.898. The Kier molecular flexibility index (Phi) is 5.45. The van der Waals surface area contributed by atoms with E-state index in [1.165, 1.54) is 25.6 Å². The average Bonchev–Trinajstić information content (AvgIpc) is 2.64. The van der Waals surface area contributed by atoms with E-state index in [1.54, 1.807) is 24.3 Å². The third kappa shape index (κ3) is 4.67. The van der Waals surface area contributed by atoms with E-state index in [0.29, 0.717) is 12.3 Å². The van der Waals surface area contributed by atoms with Crippen molar-refractivity contribution >= 4 is 11.6 Å². The number of aromatic nitrogens is 2. The van der Waals surface area contributed by atoms with Crippen molar-refractivity contribution in [2.75, 3.05) is 18.5 Å². The first-order chi connectivity index (χ1) is 12.1. The molecule has 25 heavy (non-hydrogen) atoms. The van der Waals surface area contributed by atoms with Gasteiger partial charge >= 0.3 is 0 Å². The van der Waals surface area contributed by atoms with Crippen LogP contribution in [0.1, 0.15) is 29.8 Å². The number of carbonyl (C=O) groups is 1. The van der Waals surface area contributed by atoms with E-state index in [0.717, 1.165) is 29.9 Å². The van der Waals surface area contributed by atoms with Crippen molar-refractivity contribution < 1.29 is 14.3 Å². The molecule has 0 saturated carbocycles. The highest BCUT2D eigenvalue weighted by Crippen LogP contribution is 2.18. The summed E-state index contributed by atoms with van der Waals surface area (Å²) in [4.78, 5) is 23.5. The lowest BCUT2D eigenvalue weighted by atomic mass is 10.1. The fourth-order valence-corrected chi connectivity index (χ4v) is 2.58. The SMILES string of the molecule is Cn1nc(C(=O)Nc2ccc(OCC3CCCCO3)cc2)ccc1=O. The largest absolute Gasteiger partial charge is 0.491 e. The van der Waals surface area contributed by atoms with Gasteiger partial charge in [-0.05, 0) is 49.6 Å². The Morgan fingerprint density at radius 3 is 2.76 bits per heavy atom. The van der Waals surface area contributed by atoms with Crippen LogP contribution in [0, 0.1) is 0 Å². The lowest BCUT2D eigenvalue weighted by molar-refractivity contribution is -0.0110. The number of aryl methyl sites for hydroxylation is 1. The predicted octanol–water partition coefficient (Wildman–Crippen LogP) is 1.98. The van der Waals surface area contributed by atoms with E-state index in [-0.39, 0.29) is 23.3 Å². The molecule has 0 bridgehead atoms. The van der Waals surface area contributed by atoms with E-state index < -0.39 is 0 Å². The molecule has 1 amide bonds. The second-order valence-corrected chi connectivity index (χ2v) is 5.96. The molecule has 1 aliphatic rings. The number of anilines is 1. The molecule has 1 aliphatic heterocycles. The molecular weight excluding hydrogens is 322 g/mol. The summed E-state index contributed by atoms with van der Waals surface area (Å²) in [6.07, 6.45) is 3.48. The number of ether oxygens (including phenoxy) is 2. The fourth-order valence-electron chi connectivity index (χ4n) is 2.58. The lowest BCUT2D eigenvalue weighted by Gasteiger charge is -2.22. The second kappa shape index (κ2) is 7.94. The number of nitrogens with zero attached hydrogens (tertiary/aromatic N) is 2. The number of rotatable bonds is 5. The molecule has 2 heterocycles. The number of benzene rings is 1. The molecule has 1 aromatic carbocycles. The summed E-state index contributed by atoms with van der Waals surface area (Å²) in [6, 6.07) is 9.83. The number of hydrogen-bond acceptors (Lipinski definition) is 5. The molecule has 7 nitrogen and oxygen atoms in total. The molecule has 1 atom stereocenters. The monoisotopic (exact) mass is 343 g/mol. The summed E-state index contributed by atoms with van der Waals surface area (Å²) in [7, 11) is 1.50. The van der Waals surface area contributed by atoms with E-state index in [9.17, 15) is 9.59 Å². The van der Waals surface area contributed by atoms with Crippen LogP contribution in [0.25, 0.3) is 0 Å². The third-order valence-electron chi connectivity index (χ3n) is 4.02. The van der Waals surface area contributed by atoms with Crippen LogP contribution in [-0.2, 0) is 11.8 Å².